The molecule has 1 heterocycles. The Labute approximate surface area is 81.0 Å². The van der Waals surface area contributed by atoms with Crippen LogP contribution < -0.4 is 0 Å². The lowest BCUT2D eigenvalue weighted by molar-refractivity contribution is -0.141. The Morgan fingerprint density at radius 3 is 3.08 bits per heavy atom. The Morgan fingerprint density at radius 1 is 1.77 bits per heavy atom. The lowest BCUT2D eigenvalue weighted by atomic mass is 10.2. The number of rotatable bonds is 4. The summed E-state index contributed by atoms with van der Waals surface area (Å²) in [7, 11) is 1.37. The topological polar surface area (TPSA) is 52.6 Å². The standard InChI is InChI=1S/C8H12O4S/c1-11-6(9)3-2-4-8-12-7(10)5-13-8/h8H,2-5H2,1H3. The van der Waals surface area contributed by atoms with Crippen LogP contribution >= 0.6 is 11.8 Å². The summed E-state index contributed by atoms with van der Waals surface area (Å²) >= 11 is 1.49. The van der Waals surface area contributed by atoms with Crippen molar-refractivity contribution < 1.29 is 19.1 Å². The molecule has 0 spiro atoms. The van der Waals surface area contributed by atoms with Crippen molar-refractivity contribution in [1.82, 2.24) is 0 Å². The molecule has 13 heavy (non-hydrogen) atoms. The largest absolute Gasteiger partial charge is 0.469 e. The van der Waals surface area contributed by atoms with Gasteiger partial charge in [-0.05, 0) is 12.8 Å². The van der Waals surface area contributed by atoms with Crippen molar-refractivity contribution in [3.05, 3.63) is 0 Å². The number of ether oxygens (including phenoxy) is 2. The highest BCUT2D eigenvalue weighted by molar-refractivity contribution is 8.00. The summed E-state index contributed by atoms with van der Waals surface area (Å²) in [5.74, 6) is 0.0606. The molecule has 1 fully saturated rings. The van der Waals surface area contributed by atoms with E-state index in [9.17, 15) is 9.59 Å². The predicted molar refractivity (Wildman–Crippen MR) is 48.2 cm³/mol. The minimum absolute atomic E-state index is 0.0582. The highest BCUT2D eigenvalue weighted by Crippen LogP contribution is 2.25. The lowest BCUT2D eigenvalue weighted by Gasteiger charge is -2.06. The van der Waals surface area contributed by atoms with Gasteiger partial charge >= 0.3 is 11.9 Å². The Hall–Kier alpha value is -0.710. The molecular weight excluding hydrogens is 192 g/mol. The first kappa shape index (κ1) is 10.4. The monoisotopic (exact) mass is 204 g/mol. The summed E-state index contributed by atoms with van der Waals surface area (Å²) in [6.45, 7) is 0. The van der Waals surface area contributed by atoms with E-state index >= 15 is 0 Å². The molecule has 1 rings (SSSR count). The Morgan fingerprint density at radius 2 is 2.54 bits per heavy atom. The van der Waals surface area contributed by atoms with E-state index < -0.39 is 0 Å². The second-order valence-electron chi connectivity index (χ2n) is 2.70. The van der Waals surface area contributed by atoms with Crippen LogP contribution in [0.25, 0.3) is 0 Å². The fraction of sp³-hybridized carbons (Fsp3) is 0.750. The maximum Gasteiger partial charge on any atom is 0.317 e. The van der Waals surface area contributed by atoms with Crippen LogP contribution in [0.4, 0.5) is 0 Å². The second kappa shape index (κ2) is 5.11. The predicted octanol–water partition coefficient (Wildman–Crippen LogP) is 0.946. The number of hydrogen-bond donors (Lipinski definition) is 0. The Bertz CT molecular complexity index is 204. The minimum atomic E-state index is -0.214. The van der Waals surface area contributed by atoms with Gasteiger partial charge in [0.1, 0.15) is 5.44 Å². The van der Waals surface area contributed by atoms with Crippen LogP contribution in [0.3, 0.4) is 0 Å². The van der Waals surface area contributed by atoms with E-state index in [4.69, 9.17) is 4.74 Å². The number of cyclic esters (lactones) is 1. The summed E-state index contributed by atoms with van der Waals surface area (Å²) in [5, 5.41) is 0. The van der Waals surface area contributed by atoms with E-state index in [1.54, 1.807) is 0 Å². The van der Waals surface area contributed by atoms with Crippen LogP contribution in [0, 0.1) is 0 Å². The summed E-state index contributed by atoms with van der Waals surface area (Å²) < 4.78 is 9.43. The van der Waals surface area contributed by atoms with Gasteiger partial charge < -0.3 is 9.47 Å². The second-order valence-corrected chi connectivity index (χ2v) is 3.85. The fourth-order valence-electron chi connectivity index (χ4n) is 1.03. The van der Waals surface area contributed by atoms with Crippen molar-refractivity contribution in [3.63, 3.8) is 0 Å². The fourth-order valence-corrected chi connectivity index (χ4v) is 1.93. The number of carbonyl (C=O) groups excluding carboxylic acids is 2. The average molecular weight is 204 g/mol. The minimum Gasteiger partial charge on any atom is -0.469 e. The van der Waals surface area contributed by atoms with Crippen LogP contribution in [0.5, 0.6) is 0 Å². The molecule has 1 aliphatic heterocycles. The molecule has 74 valence electrons. The van der Waals surface area contributed by atoms with E-state index in [2.05, 4.69) is 4.74 Å². The van der Waals surface area contributed by atoms with Gasteiger partial charge in [0, 0.05) is 6.42 Å². The molecule has 0 aromatic carbocycles. The molecule has 4 nitrogen and oxygen atoms in total. The molecule has 1 aliphatic rings. The first-order valence-electron chi connectivity index (χ1n) is 4.10. The van der Waals surface area contributed by atoms with Crippen LogP contribution in [0.15, 0.2) is 0 Å². The molecular formula is C8H12O4S. The first-order valence-corrected chi connectivity index (χ1v) is 5.15. The smallest absolute Gasteiger partial charge is 0.317 e. The van der Waals surface area contributed by atoms with E-state index in [0.29, 0.717) is 18.6 Å². The summed E-state index contributed by atoms with van der Waals surface area (Å²) in [6.07, 6.45) is 1.83. The summed E-state index contributed by atoms with van der Waals surface area (Å²) in [6, 6.07) is 0. The number of carbonyl (C=O) groups is 2. The normalized spacial score (nSPS) is 21.3. The van der Waals surface area contributed by atoms with E-state index in [-0.39, 0.29) is 17.4 Å². The summed E-state index contributed by atoms with van der Waals surface area (Å²) in [5.41, 5.74) is -0.0582. The van der Waals surface area contributed by atoms with Crippen molar-refractivity contribution in [1.29, 1.82) is 0 Å². The zero-order valence-corrected chi connectivity index (χ0v) is 8.26. The third-order valence-corrected chi connectivity index (χ3v) is 2.80. The van der Waals surface area contributed by atoms with Gasteiger partial charge in [-0.3, -0.25) is 9.59 Å². The molecule has 0 aromatic heterocycles. The quantitative estimate of drug-likeness (QED) is 0.638. The molecule has 5 heteroatoms. The third-order valence-electron chi connectivity index (χ3n) is 1.70. The molecule has 0 saturated carbocycles. The summed E-state index contributed by atoms with van der Waals surface area (Å²) in [4.78, 5) is 21.4. The Balaban J connectivity index is 2.06. The molecule has 1 unspecified atom stereocenters. The number of methoxy groups -OCH3 is 1. The molecule has 0 radical (unpaired) electrons. The van der Waals surface area contributed by atoms with Crippen LogP contribution in [0.1, 0.15) is 19.3 Å². The molecule has 0 amide bonds. The SMILES string of the molecule is COC(=O)CCCC1OC(=O)CS1. The van der Waals surface area contributed by atoms with E-state index in [1.807, 2.05) is 0 Å². The highest BCUT2D eigenvalue weighted by atomic mass is 32.2. The van der Waals surface area contributed by atoms with Crippen molar-refractivity contribution in [3.8, 4) is 0 Å². The van der Waals surface area contributed by atoms with Gasteiger partial charge in [0.2, 0.25) is 0 Å². The van der Waals surface area contributed by atoms with Crippen molar-refractivity contribution in [2.45, 2.75) is 24.7 Å². The molecule has 0 aromatic rings. The average Bonchev–Trinajstić information content (AvgIpc) is 2.51. The van der Waals surface area contributed by atoms with E-state index in [1.165, 1.54) is 18.9 Å². The van der Waals surface area contributed by atoms with Crippen LogP contribution in [-0.4, -0.2) is 30.2 Å². The number of esters is 2. The molecule has 1 saturated heterocycles. The first-order chi connectivity index (χ1) is 6.22. The van der Waals surface area contributed by atoms with Gasteiger partial charge in [0.15, 0.2) is 0 Å². The molecule has 1 atom stereocenters. The lowest BCUT2D eigenvalue weighted by Crippen LogP contribution is -2.06. The van der Waals surface area contributed by atoms with Crippen LogP contribution in [-0.2, 0) is 19.1 Å². The number of hydrogen-bond acceptors (Lipinski definition) is 5. The van der Waals surface area contributed by atoms with Gasteiger partial charge in [-0.2, -0.15) is 0 Å². The highest BCUT2D eigenvalue weighted by Gasteiger charge is 2.23. The molecule has 0 bridgehead atoms. The van der Waals surface area contributed by atoms with Crippen molar-refractivity contribution in [2.24, 2.45) is 0 Å². The maximum atomic E-state index is 10.7. The maximum absolute atomic E-state index is 10.7. The molecule has 0 N–H and O–H groups in total. The van der Waals surface area contributed by atoms with E-state index in [0.717, 1.165) is 6.42 Å². The molecule has 0 aliphatic carbocycles. The third kappa shape index (κ3) is 3.67. The Kier molecular flexibility index (Phi) is 4.08. The van der Waals surface area contributed by atoms with Gasteiger partial charge in [-0.25, -0.2) is 0 Å². The van der Waals surface area contributed by atoms with Gasteiger partial charge in [0.05, 0.1) is 12.9 Å². The van der Waals surface area contributed by atoms with Crippen LogP contribution in [0.2, 0.25) is 0 Å². The van der Waals surface area contributed by atoms with Gasteiger partial charge in [-0.1, -0.05) is 0 Å². The van der Waals surface area contributed by atoms with Gasteiger partial charge in [0.25, 0.3) is 0 Å². The number of thioether (sulfide) groups is 1. The van der Waals surface area contributed by atoms with Crippen molar-refractivity contribution in [2.75, 3.05) is 12.9 Å². The van der Waals surface area contributed by atoms with Crippen molar-refractivity contribution >= 4 is 23.7 Å². The van der Waals surface area contributed by atoms with Gasteiger partial charge in [-0.15, -0.1) is 11.8 Å². The zero-order valence-electron chi connectivity index (χ0n) is 7.45. The zero-order chi connectivity index (χ0) is 9.68.